The van der Waals surface area contributed by atoms with Gasteiger partial charge in [-0.05, 0) is 37.0 Å². The van der Waals surface area contributed by atoms with Crippen LogP contribution in [0.5, 0.6) is 0 Å². The Morgan fingerprint density at radius 2 is 1.73 bits per heavy atom. The van der Waals surface area contributed by atoms with Crippen LogP contribution in [0.4, 0.5) is 5.69 Å². The SMILES string of the molecule is O=CCc1ccc(N2CCCCC2)cc1. The Bertz CT molecular complexity index is 312. The normalized spacial score (nSPS) is 16.4. The summed E-state index contributed by atoms with van der Waals surface area (Å²) in [6.07, 6.45) is 5.45. The molecular weight excluding hydrogens is 186 g/mol. The third-order valence-corrected chi connectivity index (χ3v) is 2.98. The highest BCUT2D eigenvalue weighted by Gasteiger charge is 2.10. The zero-order valence-electron chi connectivity index (χ0n) is 8.98. The number of piperidine rings is 1. The number of rotatable bonds is 3. The smallest absolute Gasteiger partial charge is 0.124 e. The maximum atomic E-state index is 10.4. The summed E-state index contributed by atoms with van der Waals surface area (Å²) in [6, 6.07) is 8.37. The summed E-state index contributed by atoms with van der Waals surface area (Å²) in [7, 11) is 0. The number of hydrogen-bond acceptors (Lipinski definition) is 2. The van der Waals surface area contributed by atoms with E-state index >= 15 is 0 Å². The quantitative estimate of drug-likeness (QED) is 0.703. The fourth-order valence-electron chi connectivity index (χ4n) is 2.09. The molecule has 15 heavy (non-hydrogen) atoms. The van der Waals surface area contributed by atoms with Crippen LogP contribution in [0.25, 0.3) is 0 Å². The highest BCUT2D eigenvalue weighted by molar-refractivity contribution is 5.56. The number of carbonyl (C=O) groups is 1. The largest absolute Gasteiger partial charge is 0.372 e. The lowest BCUT2D eigenvalue weighted by Gasteiger charge is -2.28. The summed E-state index contributed by atoms with van der Waals surface area (Å²) in [5.41, 5.74) is 2.40. The van der Waals surface area contributed by atoms with Gasteiger partial charge in [0.2, 0.25) is 0 Å². The first-order valence-corrected chi connectivity index (χ1v) is 5.67. The molecule has 1 saturated heterocycles. The molecule has 1 aromatic rings. The molecule has 1 aliphatic rings. The second-order valence-electron chi connectivity index (χ2n) is 4.08. The van der Waals surface area contributed by atoms with E-state index in [4.69, 9.17) is 0 Å². The van der Waals surface area contributed by atoms with Crippen molar-refractivity contribution < 1.29 is 4.79 Å². The average molecular weight is 203 g/mol. The molecule has 80 valence electrons. The Morgan fingerprint density at radius 1 is 1.07 bits per heavy atom. The van der Waals surface area contributed by atoms with Crippen molar-refractivity contribution in [3.63, 3.8) is 0 Å². The summed E-state index contributed by atoms with van der Waals surface area (Å²) >= 11 is 0. The van der Waals surface area contributed by atoms with E-state index in [-0.39, 0.29) is 0 Å². The second kappa shape index (κ2) is 4.96. The minimum absolute atomic E-state index is 0.528. The molecule has 0 spiro atoms. The molecule has 0 radical (unpaired) electrons. The van der Waals surface area contributed by atoms with E-state index in [1.54, 1.807) is 0 Å². The van der Waals surface area contributed by atoms with Gasteiger partial charge < -0.3 is 9.69 Å². The van der Waals surface area contributed by atoms with Crippen LogP contribution in [-0.2, 0) is 11.2 Å². The maximum absolute atomic E-state index is 10.4. The maximum Gasteiger partial charge on any atom is 0.124 e. The van der Waals surface area contributed by atoms with E-state index < -0.39 is 0 Å². The molecular formula is C13H17NO. The fraction of sp³-hybridized carbons (Fsp3) is 0.462. The molecule has 1 aromatic carbocycles. The molecule has 0 saturated carbocycles. The van der Waals surface area contributed by atoms with Crippen LogP contribution in [0, 0.1) is 0 Å². The number of carbonyl (C=O) groups excluding carboxylic acids is 1. The van der Waals surface area contributed by atoms with Gasteiger partial charge in [0.1, 0.15) is 6.29 Å². The molecule has 0 N–H and O–H groups in total. The molecule has 0 amide bonds. The Morgan fingerprint density at radius 3 is 2.33 bits per heavy atom. The topological polar surface area (TPSA) is 20.3 Å². The van der Waals surface area contributed by atoms with Crippen LogP contribution in [0.3, 0.4) is 0 Å². The van der Waals surface area contributed by atoms with Crippen LogP contribution in [0.2, 0.25) is 0 Å². The predicted molar refractivity (Wildman–Crippen MR) is 62.3 cm³/mol. The van der Waals surface area contributed by atoms with Crippen molar-refractivity contribution in [2.45, 2.75) is 25.7 Å². The van der Waals surface area contributed by atoms with Crippen LogP contribution in [-0.4, -0.2) is 19.4 Å². The van der Waals surface area contributed by atoms with E-state index in [0.29, 0.717) is 6.42 Å². The number of benzene rings is 1. The van der Waals surface area contributed by atoms with Gasteiger partial charge in [0, 0.05) is 25.2 Å². The first-order chi connectivity index (χ1) is 7.40. The Hall–Kier alpha value is -1.31. The van der Waals surface area contributed by atoms with Crippen LogP contribution < -0.4 is 4.90 Å². The van der Waals surface area contributed by atoms with Crippen molar-refractivity contribution in [1.29, 1.82) is 0 Å². The summed E-state index contributed by atoms with van der Waals surface area (Å²) in [6.45, 7) is 2.35. The van der Waals surface area contributed by atoms with Gasteiger partial charge in [0.05, 0.1) is 0 Å². The first-order valence-electron chi connectivity index (χ1n) is 5.67. The molecule has 2 nitrogen and oxygen atoms in total. The summed E-state index contributed by atoms with van der Waals surface area (Å²) in [4.78, 5) is 12.8. The first kappa shape index (κ1) is 10.2. The van der Waals surface area contributed by atoms with Crippen LogP contribution >= 0.6 is 0 Å². The zero-order chi connectivity index (χ0) is 10.5. The lowest BCUT2D eigenvalue weighted by atomic mass is 10.1. The van der Waals surface area contributed by atoms with Crippen molar-refractivity contribution in [2.75, 3.05) is 18.0 Å². The third-order valence-electron chi connectivity index (χ3n) is 2.98. The van der Waals surface area contributed by atoms with Crippen molar-refractivity contribution >= 4 is 12.0 Å². The van der Waals surface area contributed by atoms with Crippen LogP contribution in [0.15, 0.2) is 24.3 Å². The van der Waals surface area contributed by atoms with Crippen molar-refractivity contribution in [2.24, 2.45) is 0 Å². The van der Waals surface area contributed by atoms with E-state index in [0.717, 1.165) is 11.8 Å². The molecule has 1 aliphatic heterocycles. The number of aldehydes is 1. The third kappa shape index (κ3) is 2.58. The van der Waals surface area contributed by atoms with E-state index in [1.807, 2.05) is 0 Å². The highest BCUT2D eigenvalue weighted by Crippen LogP contribution is 2.20. The molecule has 0 aromatic heterocycles. The van der Waals surface area contributed by atoms with E-state index in [2.05, 4.69) is 29.2 Å². The molecule has 2 heteroatoms. The minimum Gasteiger partial charge on any atom is -0.372 e. The highest BCUT2D eigenvalue weighted by atomic mass is 16.1. The molecule has 1 heterocycles. The Kier molecular flexibility index (Phi) is 3.38. The summed E-state index contributed by atoms with van der Waals surface area (Å²) < 4.78 is 0. The van der Waals surface area contributed by atoms with Gasteiger partial charge in [-0.1, -0.05) is 12.1 Å². The van der Waals surface area contributed by atoms with Crippen molar-refractivity contribution in [1.82, 2.24) is 0 Å². The zero-order valence-corrected chi connectivity index (χ0v) is 8.98. The molecule has 0 unspecified atom stereocenters. The van der Waals surface area contributed by atoms with Crippen molar-refractivity contribution in [3.05, 3.63) is 29.8 Å². The summed E-state index contributed by atoms with van der Waals surface area (Å²) in [5.74, 6) is 0. The van der Waals surface area contributed by atoms with Gasteiger partial charge in [-0.15, -0.1) is 0 Å². The molecule has 1 fully saturated rings. The van der Waals surface area contributed by atoms with Gasteiger partial charge in [-0.3, -0.25) is 0 Å². The van der Waals surface area contributed by atoms with Gasteiger partial charge in [-0.25, -0.2) is 0 Å². The van der Waals surface area contributed by atoms with E-state index in [1.165, 1.54) is 38.0 Å². The average Bonchev–Trinajstić information content (AvgIpc) is 2.32. The lowest BCUT2D eigenvalue weighted by Crippen LogP contribution is -2.29. The van der Waals surface area contributed by atoms with Gasteiger partial charge >= 0.3 is 0 Å². The monoisotopic (exact) mass is 203 g/mol. The number of anilines is 1. The van der Waals surface area contributed by atoms with E-state index in [9.17, 15) is 4.79 Å². The Labute approximate surface area is 90.9 Å². The Balaban J connectivity index is 2.04. The lowest BCUT2D eigenvalue weighted by molar-refractivity contribution is -0.107. The van der Waals surface area contributed by atoms with Gasteiger partial charge in [0.15, 0.2) is 0 Å². The second-order valence-corrected chi connectivity index (χ2v) is 4.08. The summed E-state index contributed by atoms with van der Waals surface area (Å²) in [5, 5.41) is 0. The number of hydrogen-bond donors (Lipinski definition) is 0. The van der Waals surface area contributed by atoms with Crippen LogP contribution in [0.1, 0.15) is 24.8 Å². The van der Waals surface area contributed by atoms with Gasteiger partial charge in [-0.2, -0.15) is 0 Å². The number of nitrogens with zero attached hydrogens (tertiary/aromatic N) is 1. The molecule has 2 rings (SSSR count). The predicted octanol–water partition coefficient (Wildman–Crippen LogP) is 2.42. The van der Waals surface area contributed by atoms with Crippen molar-refractivity contribution in [3.8, 4) is 0 Å². The fourth-order valence-corrected chi connectivity index (χ4v) is 2.09. The van der Waals surface area contributed by atoms with Gasteiger partial charge in [0.25, 0.3) is 0 Å². The molecule has 0 atom stereocenters. The standard InChI is InChI=1S/C13H17NO/c15-11-8-12-4-6-13(7-5-12)14-9-2-1-3-10-14/h4-7,11H,1-3,8-10H2. The molecule has 0 bridgehead atoms. The molecule has 0 aliphatic carbocycles. The minimum atomic E-state index is 0.528.